The average Bonchev–Trinajstić information content (AvgIpc) is 2.54. The lowest BCUT2D eigenvalue weighted by atomic mass is 10.2. The van der Waals surface area contributed by atoms with Crippen LogP contribution in [0.2, 0.25) is 0 Å². The van der Waals surface area contributed by atoms with Gasteiger partial charge >= 0.3 is 7.82 Å². The molecule has 1 rings (SSSR count). The molecule has 8 nitrogen and oxygen atoms in total. The summed E-state index contributed by atoms with van der Waals surface area (Å²) in [5.74, 6) is 0. The lowest BCUT2D eigenvalue weighted by Crippen LogP contribution is -2.28. The van der Waals surface area contributed by atoms with Crippen LogP contribution >= 0.6 is 15.5 Å². The van der Waals surface area contributed by atoms with Crippen molar-refractivity contribution in [3.63, 3.8) is 0 Å². The summed E-state index contributed by atoms with van der Waals surface area (Å²) in [6.07, 6.45) is -2.63. The predicted octanol–water partition coefficient (Wildman–Crippen LogP) is 0.342. The van der Waals surface area contributed by atoms with Crippen LogP contribution in [0.25, 0.3) is 0 Å². The maximum absolute atomic E-state index is 11.3. The van der Waals surface area contributed by atoms with Gasteiger partial charge in [0.25, 0.3) is 7.72 Å². The molecule has 0 radical (unpaired) electrons. The van der Waals surface area contributed by atoms with Crippen molar-refractivity contribution in [1.29, 1.82) is 0 Å². The first-order valence-electron chi connectivity index (χ1n) is 5.25. The van der Waals surface area contributed by atoms with Crippen LogP contribution in [0, 0.1) is 0 Å². The van der Waals surface area contributed by atoms with E-state index in [9.17, 15) is 19.5 Å². The summed E-state index contributed by atoms with van der Waals surface area (Å²) in [5, 5.41) is 9.35. The number of aliphatic hydroxyl groups is 1. The number of ether oxygens (including phenoxy) is 1. The van der Waals surface area contributed by atoms with Crippen molar-refractivity contribution in [1.82, 2.24) is 0 Å². The SMILES string of the molecule is COP(=O)(O)OC1CC(O)OC1CO[P+](C)(C)O. The predicted molar refractivity (Wildman–Crippen MR) is 64.1 cm³/mol. The maximum atomic E-state index is 11.3. The Morgan fingerprint density at radius 2 is 2.11 bits per heavy atom. The third-order valence-corrected chi connectivity index (χ3v) is 4.01. The van der Waals surface area contributed by atoms with Gasteiger partial charge in [-0.1, -0.05) is 0 Å². The largest absolute Gasteiger partial charge is 0.472 e. The van der Waals surface area contributed by atoms with Crippen LogP contribution < -0.4 is 0 Å². The van der Waals surface area contributed by atoms with Gasteiger partial charge in [0.05, 0.1) is 0 Å². The standard InChI is InChI=1S/C8H18O8P2/c1-13-18(11,12)16-6-4-8(9)15-7(6)5-14-17(2,3)10/h6-10H,4-5H2,1-3H3/p+1. The number of hydrogen-bond donors (Lipinski definition) is 3. The first-order chi connectivity index (χ1) is 8.13. The molecule has 1 fully saturated rings. The van der Waals surface area contributed by atoms with Crippen LogP contribution in [0.3, 0.4) is 0 Å². The van der Waals surface area contributed by atoms with Crippen molar-refractivity contribution in [3.05, 3.63) is 0 Å². The molecule has 0 amide bonds. The van der Waals surface area contributed by atoms with E-state index in [-0.39, 0.29) is 13.0 Å². The van der Waals surface area contributed by atoms with Crippen molar-refractivity contribution < 1.29 is 37.8 Å². The van der Waals surface area contributed by atoms with E-state index in [4.69, 9.17) is 13.8 Å². The number of phosphoric acid groups is 1. The second kappa shape index (κ2) is 6.22. The topological polar surface area (TPSA) is 115 Å². The fourth-order valence-corrected chi connectivity index (χ4v) is 2.58. The van der Waals surface area contributed by atoms with E-state index in [0.717, 1.165) is 7.11 Å². The number of rotatable bonds is 6. The number of phosphoric ester groups is 1. The van der Waals surface area contributed by atoms with Crippen LogP contribution in [0.5, 0.6) is 0 Å². The van der Waals surface area contributed by atoms with E-state index in [1.54, 1.807) is 13.3 Å². The summed E-state index contributed by atoms with van der Waals surface area (Å²) in [5.41, 5.74) is 0. The molecule has 1 aliphatic rings. The highest BCUT2D eigenvalue weighted by Gasteiger charge is 2.41. The highest BCUT2D eigenvalue weighted by atomic mass is 31.2. The third kappa shape index (κ3) is 5.57. The van der Waals surface area contributed by atoms with Crippen molar-refractivity contribution >= 4 is 15.5 Å². The maximum Gasteiger partial charge on any atom is 0.472 e. The first kappa shape index (κ1) is 16.4. The van der Waals surface area contributed by atoms with Gasteiger partial charge in [0.2, 0.25) is 0 Å². The summed E-state index contributed by atoms with van der Waals surface area (Å²) >= 11 is 0. The molecule has 4 unspecified atom stereocenters. The summed E-state index contributed by atoms with van der Waals surface area (Å²) < 4.78 is 30.7. The van der Waals surface area contributed by atoms with Gasteiger partial charge in [0, 0.05) is 13.5 Å². The Labute approximate surface area is 106 Å². The molecular weight excluding hydrogens is 286 g/mol. The van der Waals surface area contributed by atoms with Gasteiger partial charge in [-0.15, -0.1) is 0 Å². The molecule has 1 saturated heterocycles. The highest BCUT2D eigenvalue weighted by Crippen LogP contribution is 2.49. The molecule has 108 valence electrons. The molecule has 0 bridgehead atoms. The molecule has 4 atom stereocenters. The molecule has 0 aliphatic carbocycles. The fourth-order valence-electron chi connectivity index (χ4n) is 1.42. The van der Waals surface area contributed by atoms with Crippen molar-refractivity contribution in [2.45, 2.75) is 24.9 Å². The summed E-state index contributed by atoms with van der Waals surface area (Å²) in [7, 11) is -5.56. The van der Waals surface area contributed by atoms with Crippen molar-refractivity contribution in [2.24, 2.45) is 0 Å². The highest BCUT2D eigenvalue weighted by molar-refractivity contribution is 7.63. The van der Waals surface area contributed by atoms with Gasteiger partial charge in [0.1, 0.15) is 32.1 Å². The van der Waals surface area contributed by atoms with Gasteiger partial charge < -0.3 is 14.7 Å². The van der Waals surface area contributed by atoms with Gasteiger partial charge in [-0.25, -0.2) is 14.0 Å². The third-order valence-electron chi connectivity index (χ3n) is 2.23. The minimum atomic E-state index is -4.15. The molecule has 0 aromatic rings. The lowest BCUT2D eigenvalue weighted by molar-refractivity contribution is -0.104. The van der Waals surface area contributed by atoms with Crippen LogP contribution in [-0.4, -0.2) is 60.4 Å². The second-order valence-electron chi connectivity index (χ2n) is 4.25. The van der Waals surface area contributed by atoms with E-state index in [2.05, 4.69) is 4.52 Å². The average molecular weight is 305 g/mol. The van der Waals surface area contributed by atoms with E-state index in [1.807, 2.05) is 0 Å². The zero-order valence-electron chi connectivity index (χ0n) is 10.4. The Morgan fingerprint density at radius 1 is 1.50 bits per heavy atom. The normalized spacial score (nSPS) is 32.4. The second-order valence-corrected chi connectivity index (χ2v) is 8.61. The molecule has 0 aromatic heterocycles. The van der Waals surface area contributed by atoms with Crippen molar-refractivity contribution in [2.75, 3.05) is 27.0 Å². The minimum absolute atomic E-state index is 0.0340. The molecular formula is C8H19O8P2+. The molecule has 1 aliphatic heterocycles. The Kier molecular flexibility index (Phi) is 5.68. The van der Waals surface area contributed by atoms with Gasteiger partial charge in [0.15, 0.2) is 6.29 Å². The molecule has 1 heterocycles. The molecule has 10 heteroatoms. The summed E-state index contributed by atoms with van der Waals surface area (Å²) in [6.45, 7) is 3.05. The molecule has 18 heavy (non-hydrogen) atoms. The van der Waals surface area contributed by atoms with Crippen LogP contribution in [0.1, 0.15) is 6.42 Å². The molecule has 3 N–H and O–H groups in total. The Balaban J connectivity index is 2.57. The smallest absolute Gasteiger partial charge is 0.368 e. The number of aliphatic hydroxyl groups excluding tert-OH is 1. The summed E-state index contributed by atoms with van der Waals surface area (Å²) in [6, 6.07) is 0. The monoisotopic (exact) mass is 305 g/mol. The fraction of sp³-hybridized carbons (Fsp3) is 1.00. The van der Waals surface area contributed by atoms with E-state index in [1.165, 1.54) is 0 Å². The quantitative estimate of drug-likeness (QED) is 0.602. The van der Waals surface area contributed by atoms with Crippen LogP contribution in [-0.2, 0) is 22.9 Å². The van der Waals surface area contributed by atoms with Gasteiger partial charge in [-0.3, -0.25) is 9.05 Å². The molecule has 0 spiro atoms. The first-order valence-corrected chi connectivity index (χ1v) is 9.29. The lowest BCUT2D eigenvalue weighted by Gasteiger charge is -2.20. The summed E-state index contributed by atoms with van der Waals surface area (Å²) in [4.78, 5) is 18.7. The van der Waals surface area contributed by atoms with Gasteiger partial charge in [-0.05, 0) is 0 Å². The number of hydrogen-bond acceptors (Lipinski definition) is 7. The van der Waals surface area contributed by atoms with E-state index in [0.29, 0.717) is 0 Å². The van der Waals surface area contributed by atoms with Gasteiger partial charge in [-0.2, -0.15) is 0 Å². The Hall–Kier alpha value is 0.380. The minimum Gasteiger partial charge on any atom is -0.368 e. The van der Waals surface area contributed by atoms with E-state index >= 15 is 0 Å². The Morgan fingerprint density at radius 3 is 2.61 bits per heavy atom. The van der Waals surface area contributed by atoms with Crippen molar-refractivity contribution in [3.8, 4) is 0 Å². The molecule has 0 saturated carbocycles. The Bertz CT molecular complexity index is 317. The van der Waals surface area contributed by atoms with Crippen LogP contribution in [0.4, 0.5) is 0 Å². The van der Waals surface area contributed by atoms with E-state index < -0.39 is 34.0 Å². The zero-order valence-corrected chi connectivity index (χ0v) is 12.2. The zero-order chi connectivity index (χ0) is 14.0. The molecule has 0 aromatic carbocycles. The van der Waals surface area contributed by atoms with Crippen LogP contribution in [0.15, 0.2) is 0 Å².